The van der Waals surface area contributed by atoms with Gasteiger partial charge in [-0.05, 0) is 25.8 Å². The molecule has 0 aromatic carbocycles. The predicted octanol–water partition coefficient (Wildman–Crippen LogP) is 0.718. The highest BCUT2D eigenvalue weighted by Crippen LogP contribution is 2.51. The van der Waals surface area contributed by atoms with Crippen LogP contribution in [-0.4, -0.2) is 18.4 Å². The molecule has 0 unspecified atom stereocenters. The first-order valence-corrected chi connectivity index (χ1v) is 3.90. The van der Waals surface area contributed by atoms with Crippen LogP contribution in [0.15, 0.2) is 0 Å². The summed E-state index contributed by atoms with van der Waals surface area (Å²) in [6.07, 6.45) is 4.50. The molecule has 2 heteroatoms. The Morgan fingerprint density at radius 1 is 1.50 bits per heavy atom. The van der Waals surface area contributed by atoms with E-state index in [4.69, 9.17) is 0 Å². The maximum absolute atomic E-state index is 10.5. The van der Waals surface area contributed by atoms with Gasteiger partial charge in [0.1, 0.15) is 6.29 Å². The number of carbonyl (C=O) groups is 1. The van der Waals surface area contributed by atoms with Crippen LogP contribution in [0, 0.1) is 5.41 Å². The largest absolute Gasteiger partial charge is 0.311 e. The Hall–Kier alpha value is -0.370. The minimum absolute atomic E-state index is 0.00736. The zero-order valence-corrected chi connectivity index (χ0v) is 6.31. The normalized spacial score (nSPS) is 51.7. The maximum atomic E-state index is 10.5. The molecule has 56 valence electrons. The summed E-state index contributed by atoms with van der Waals surface area (Å²) in [5.74, 6) is 0. The summed E-state index contributed by atoms with van der Waals surface area (Å²) in [7, 11) is 0. The molecule has 2 aliphatic rings. The smallest absolute Gasteiger partial charge is 0.126 e. The number of rotatable bonds is 1. The standard InChI is InChI=1S/C8H13NO/c1-7(6-10)4-8(5-7)2-3-9-8/h6,9H,2-5H2,1H3. The van der Waals surface area contributed by atoms with Crippen molar-refractivity contribution in [3.8, 4) is 0 Å². The fraction of sp³-hybridized carbons (Fsp3) is 0.875. The molecule has 1 saturated heterocycles. The second kappa shape index (κ2) is 1.62. The summed E-state index contributed by atoms with van der Waals surface area (Å²) in [4.78, 5) is 10.5. The van der Waals surface area contributed by atoms with Gasteiger partial charge in [0.2, 0.25) is 0 Å². The van der Waals surface area contributed by atoms with E-state index >= 15 is 0 Å². The maximum Gasteiger partial charge on any atom is 0.126 e. The van der Waals surface area contributed by atoms with E-state index in [1.54, 1.807) is 0 Å². The molecule has 2 nitrogen and oxygen atoms in total. The fourth-order valence-corrected chi connectivity index (χ4v) is 2.36. The highest BCUT2D eigenvalue weighted by Gasteiger charge is 2.54. The van der Waals surface area contributed by atoms with E-state index in [9.17, 15) is 4.79 Å². The Labute approximate surface area is 61.0 Å². The van der Waals surface area contributed by atoms with Crippen LogP contribution in [0.2, 0.25) is 0 Å². The third-order valence-corrected chi connectivity index (χ3v) is 2.87. The van der Waals surface area contributed by atoms with Gasteiger partial charge < -0.3 is 10.1 Å². The zero-order chi connectivity index (χ0) is 7.24. The summed E-state index contributed by atoms with van der Waals surface area (Å²) < 4.78 is 0. The SMILES string of the molecule is CC1(C=O)CC2(CCN2)C1. The summed E-state index contributed by atoms with van der Waals surface area (Å²) in [5, 5.41) is 3.39. The van der Waals surface area contributed by atoms with Crippen LogP contribution in [0.25, 0.3) is 0 Å². The van der Waals surface area contributed by atoms with Crippen molar-refractivity contribution in [3.05, 3.63) is 0 Å². The van der Waals surface area contributed by atoms with Crippen molar-refractivity contribution in [1.82, 2.24) is 5.32 Å². The monoisotopic (exact) mass is 139 g/mol. The number of carbonyl (C=O) groups excluding carboxylic acids is 1. The number of hydrogen-bond donors (Lipinski definition) is 1. The lowest BCUT2D eigenvalue weighted by molar-refractivity contribution is -0.128. The Morgan fingerprint density at radius 3 is 2.40 bits per heavy atom. The third kappa shape index (κ3) is 0.655. The molecular weight excluding hydrogens is 126 g/mol. The van der Waals surface area contributed by atoms with E-state index < -0.39 is 0 Å². The van der Waals surface area contributed by atoms with Crippen molar-refractivity contribution in [2.75, 3.05) is 6.54 Å². The Balaban J connectivity index is 1.98. The van der Waals surface area contributed by atoms with Gasteiger partial charge >= 0.3 is 0 Å². The van der Waals surface area contributed by atoms with Gasteiger partial charge in [0, 0.05) is 11.0 Å². The molecule has 1 heterocycles. The van der Waals surface area contributed by atoms with E-state index in [1.165, 1.54) is 6.42 Å². The topological polar surface area (TPSA) is 29.1 Å². The first kappa shape index (κ1) is 6.35. The van der Waals surface area contributed by atoms with Crippen LogP contribution < -0.4 is 5.32 Å². The molecule has 0 atom stereocenters. The van der Waals surface area contributed by atoms with Crippen LogP contribution in [0.1, 0.15) is 26.2 Å². The van der Waals surface area contributed by atoms with Crippen molar-refractivity contribution in [1.29, 1.82) is 0 Å². The quantitative estimate of drug-likeness (QED) is 0.542. The number of nitrogens with one attached hydrogen (secondary N) is 1. The van der Waals surface area contributed by atoms with Crippen LogP contribution in [0.4, 0.5) is 0 Å². The first-order valence-electron chi connectivity index (χ1n) is 3.90. The molecule has 0 radical (unpaired) electrons. The minimum atomic E-state index is 0.00736. The highest BCUT2D eigenvalue weighted by molar-refractivity contribution is 5.62. The molecule has 2 rings (SSSR count). The van der Waals surface area contributed by atoms with Crippen molar-refractivity contribution >= 4 is 6.29 Å². The summed E-state index contributed by atoms with van der Waals surface area (Å²) >= 11 is 0. The van der Waals surface area contributed by atoms with E-state index in [0.717, 1.165) is 25.7 Å². The van der Waals surface area contributed by atoms with Gasteiger partial charge in [-0.15, -0.1) is 0 Å². The van der Waals surface area contributed by atoms with E-state index in [0.29, 0.717) is 5.54 Å². The summed E-state index contributed by atoms with van der Waals surface area (Å²) in [5.41, 5.74) is 0.406. The summed E-state index contributed by atoms with van der Waals surface area (Å²) in [6.45, 7) is 3.19. The average Bonchev–Trinajstić information content (AvgIpc) is 1.77. The molecule has 0 aromatic rings. The van der Waals surface area contributed by atoms with E-state index in [2.05, 4.69) is 5.32 Å². The second-order valence-electron chi connectivity index (χ2n) is 4.08. The molecular formula is C8H13NO. The molecule has 1 aliphatic carbocycles. The minimum Gasteiger partial charge on any atom is -0.311 e. The van der Waals surface area contributed by atoms with Crippen molar-refractivity contribution < 1.29 is 4.79 Å². The lowest BCUT2D eigenvalue weighted by Gasteiger charge is -2.58. The second-order valence-corrected chi connectivity index (χ2v) is 4.08. The van der Waals surface area contributed by atoms with Gasteiger partial charge in [0.05, 0.1) is 0 Å². The zero-order valence-electron chi connectivity index (χ0n) is 6.31. The van der Waals surface area contributed by atoms with Crippen molar-refractivity contribution in [2.45, 2.75) is 31.7 Å². The van der Waals surface area contributed by atoms with Gasteiger partial charge in [-0.1, -0.05) is 6.92 Å². The Kier molecular flexibility index (Phi) is 1.03. The van der Waals surface area contributed by atoms with Crippen LogP contribution in [0.5, 0.6) is 0 Å². The lowest BCUT2D eigenvalue weighted by Crippen LogP contribution is -2.67. The molecule has 2 fully saturated rings. The van der Waals surface area contributed by atoms with Gasteiger partial charge in [-0.3, -0.25) is 0 Å². The van der Waals surface area contributed by atoms with Crippen LogP contribution in [-0.2, 0) is 4.79 Å². The van der Waals surface area contributed by atoms with Gasteiger partial charge in [-0.25, -0.2) is 0 Å². The molecule has 1 N–H and O–H groups in total. The summed E-state index contributed by atoms with van der Waals surface area (Å²) in [6, 6.07) is 0. The van der Waals surface area contributed by atoms with Crippen LogP contribution in [0.3, 0.4) is 0 Å². The number of hydrogen-bond acceptors (Lipinski definition) is 2. The molecule has 0 aromatic heterocycles. The fourth-order valence-electron chi connectivity index (χ4n) is 2.36. The van der Waals surface area contributed by atoms with Crippen molar-refractivity contribution in [2.24, 2.45) is 5.41 Å². The Morgan fingerprint density at radius 2 is 2.10 bits per heavy atom. The average molecular weight is 139 g/mol. The van der Waals surface area contributed by atoms with E-state index in [1.807, 2.05) is 6.92 Å². The molecule has 1 saturated carbocycles. The molecule has 10 heavy (non-hydrogen) atoms. The number of aldehydes is 1. The van der Waals surface area contributed by atoms with Crippen LogP contribution >= 0.6 is 0 Å². The Bertz CT molecular complexity index is 164. The lowest BCUT2D eigenvalue weighted by atomic mass is 9.55. The molecule has 0 bridgehead atoms. The van der Waals surface area contributed by atoms with E-state index in [-0.39, 0.29) is 5.41 Å². The molecule has 1 spiro atoms. The first-order chi connectivity index (χ1) is 4.68. The molecule has 1 aliphatic heterocycles. The highest BCUT2D eigenvalue weighted by atomic mass is 16.1. The predicted molar refractivity (Wildman–Crippen MR) is 38.8 cm³/mol. The van der Waals surface area contributed by atoms with Gasteiger partial charge in [0.25, 0.3) is 0 Å². The van der Waals surface area contributed by atoms with Crippen molar-refractivity contribution in [3.63, 3.8) is 0 Å². The van der Waals surface area contributed by atoms with Gasteiger partial charge in [0.15, 0.2) is 0 Å². The van der Waals surface area contributed by atoms with Gasteiger partial charge in [-0.2, -0.15) is 0 Å². The third-order valence-electron chi connectivity index (χ3n) is 2.87. The molecule has 0 amide bonds.